The number of halogens is 3. The van der Waals surface area contributed by atoms with Crippen molar-refractivity contribution in [3.63, 3.8) is 0 Å². The molecule has 1 N–H and O–H groups in total. The first kappa shape index (κ1) is 27.5. The number of ether oxygens (including phenoxy) is 1. The first-order chi connectivity index (χ1) is 18.4. The maximum absolute atomic E-state index is 12.9. The first-order valence-corrected chi connectivity index (χ1v) is 12.1. The zero-order chi connectivity index (χ0) is 26.6. The number of alkyl halides is 2. The summed E-state index contributed by atoms with van der Waals surface area (Å²) in [5.74, 6) is 0.776. The Morgan fingerprint density at radius 3 is 2.36 bits per heavy atom. The predicted molar refractivity (Wildman–Crippen MR) is 147 cm³/mol. The smallest absolute Gasteiger partial charge is 0.387 e. The Balaban J connectivity index is 0.00000353. The molecule has 1 saturated heterocycles. The number of aromatic nitrogens is 2. The molecule has 0 radical (unpaired) electrons. The van der Waals surface area contributed by atoms with E-state index < -0.39 is 6.61 Å². The van der Waals surface area contributed by atoms with Crippen LogP contribution in [0.15, 0.2) is 72.8 Å². The second-order valence-corrected chi connectivity index (χ2v) is 8.93. The van der Waals surface area contributed by atoms with Gasteiger partial charge in [-0.1, -0.05) is 36.4 Å². The SMILES string of the molecule is C[C@H]1CN(c2nnc(-c3ccc(C#N)cc3)c3ccccc23)CCN1C(=O)Nc1ccc(OC(F)F)cc1.Cl. The summed E-state index contributed by atoms with van der Waals surface area (Å²) in [4.78, 5) is 16.8. The molecule has 1 aliphatic heterocycles. The summed E-state index contributed by atoms with van der Waals surface area (Å²) in [5.41, 5.74) is 2.69. The van der Waals surface area contributed by atoms with Crippen LogP contribution in [0.2, 0.25) is 0 Å². The molecular weight excluding hydrogens is 526 g/mol. The van der Waals surface area contributed by atoms with Crippen molar-refractivity contribution < 1.29 is 18.3 Å². The Bertz CT molecular complexity index is 1500. The normalized spacial score (nSPS) is 15.0. The molecule has 2 heterocycles. The third kappa shape index (κ3) is 5.99. The van der Waals surface area contributed by atoms with Crippen molar-refractivity contribution in [3.05, 3.63) is 78.4 Å². The molecular formula is C28H25ClF2N6O2. The minimum atomic E-state index is -2.90. The molecule has 11 heteroatoms. The number of nitrogens with zero attached hydrogens (tertiary/aromatic N) is 5. The largest absolute Gasteiger partial charge is 0.435 e. The van der Waals surface area contributed by atoms with E-state index in [1.54, 1.807) is 17.0 Å². The van der Waals surface area contributed by atoms with Crippen molar-refractivity contribution in [2.45, 2.75) is 19.6 Å². The predicted octanol–water partition coefficient (Wildman–Crippen LogP) is 5.93. The molecule has 4 aromatic rings. The lowest BCUT2D eigenvalue weighted by Gasteiger charge is -2.40. The van der Waals surface area contributed by atoms with E-state index in [1.165, 1.54) is 24.3 Å². The van der Waals surface area contributed by atoms with Crippen LogP contribution in [0.4, 0.5) is 25.1 Å². The van der Waals surface area contributed by atoms with Gasteiger partial charge in [0.25, 0.3) is 0 Å². The highest BCUT2D eigenvalue weighted by atomic mass is 35.5. The molecule has 0 saturated carbocycles. The Morgan fingerprint density at radius 2 is 1.72 bits per heavy atom. The van der Waals surface area contributed by atoms with Crippen molar-refractivity contribution in [2.24, 2.45) is 0 Å². The molecule has 3 aromatic carbocycles. The number of anilines is 2. The summed E-state index contributed by atoms with van der Waals surface area (Å²) >= 11 is 0. The van der Waals surface area contributed by atoms with E-state index in [0.717, 1.165) is 27.8 Å². The highest BCUT2D eigenvalue weighted by molar-refractivity contribution is 6.00. The van der Waals surface area contributed by atoms with Gasteiger partial charge < -0.3 is 19.9 Å². The molecule has 2 amide bonds. The van der Waals surface area contributed by atoms with Crippen molar-refractivity contribution in [3.8, 4) is 23.1 Å². The average Bonchev–Trinajstić information content (AvgIpc) is 2.93. The highest BCUT2D eigenvalue weighted by Crippen LogP contribution is 2.32. The van der Waals surface area contributed by atoms with Gasteiger partial charge in [-0.3, -0.25) is 0 Å². The molecule has 1 aromatic heterocycles. The topological polar surface area (TPSA) is 94.4 Å². The number of piperazine rings is 1. The number of carbonyl (C=O) groups excluding carboxylic acids is 1. The van der Waals surface area contributed by atoms with Crippen molar-refractivity contribution in [1.29, 1.82) is 5.26 Å². The number of hydrogen-bond donors (Lipinski definition) is 1. The second kappa shape index (κ2) is 11.9. The molecule has 0 aliphatic carbocycles. The van der Waals surface area contributed by atoms with E-state index in [9.17, 15) is 13.6 Å². The molecule has 1 fully saturated rings. The van der Waals surface area contributed by atoms with Gasteiger partial charge in [0.2, 0.25) is 0 Å². The van der Waals surface area contributed by atoms with Crippen molar-refractivity contribution >= 4 is 40.7 Å². The fraction of sp³-hybridized carbons (Fsp3) is 0.214. The Labute approximate surface area is 230 Å². The van der Waals surface area contributed by atoms with Gasteiger partial charge in [0.15, 0.2) is 5.82 Å². The van der Waals surface area contributed by atoms with Gasteiger partial charge in [0.1, 0.15) is 11.4 Å². The van der Waals surface area contributed by atoms with Crippen LogP contribution in [0.5, 0.6) is 5.75 Å². The minimum Gasteiger partial charge on any atom is -0.435 e. The van der Waals surface area contributed by atoms with Crippen LogP contribution >= 0.6 is 12.4 Å². The van der Waals surface area contributed by atoms with Crippen LogP contribution in [0, 0.1) is 11.3 Å². The summed E-state index contributed by atoms with van der Waals surface area (Å²) < 4.78 is 29.1. The van der Waals surface area contributed by atoms with Crippen LogP contribution in [-0.4, -0.2) is 53.4 Å². The van der Waals surface area contributed by atoms with Crippen LogP contribution in [0.3, 0.4) is 0 Å². The number of carbonyl (C=O) groups is 1. The third-order valence-electron chi connectivity index (χ3n) is 6.47. The lowest BCUT2D eigenvalue weighted by atomic mass is 10.0. The van der Waals surface area contributed by atoms with Gasteiger partial charge in [0, 0.05) is 47.7 Å². The maximum atomic E-state index is 12.9. The van der Waals surface area contributed by atoms with E-state index in [0.29, 0.717) is 30.9 Å². The number of nitriles is 1. The molecule has 5 rings (SSSR count). The third-order valence-corrected chi connectivity index (χ3v) is 6.47. The van der Waals surface area contributed by atoms with E-state index in [2.05, 4.69) is 31.2 Å². The molecule has 1 atom stereocenters. The standard InChI is InChI=1S/C28H24F2N6O2.ClH/c1-18-17-35(14-15-36(18)28(37)32-21-10-12-22(13-11-21)38-27(29)30)26-24-5-3-2-4-23(24)25(33-34-26)20-8-6-19(16-31)7-9-20;/h2-13,18,27H,14-15,17H2,1H3,(H,32,37);1H/t18-;/m0./s1. The van der Waals surface area contributed by atoms with E-state index >= 15 is 0 Å². The minimum absolute atomic E-state index is 0. The summed E-state index contributed by atoms with van der Waals surface area (Å²) in [5, 5.41) is 22.9. The maximum Gasteiger partial charge on any atom is 0.387 e. The molecule has 8 nitrogen and oxygen atoms in total. The zero-order valence-corrected chi connectivity index (χ0v) is 21.7. The highest BCUT2D eigenvalue weighted by Gasteiger charge is 2.29. The summed E-state index contributed by atoms with van der Waals surface area (Å²) in [7, 11) is 0. The van der Waals surface area contributed by atoms with Crippen LogP contribution in [-0.2, 0) is 0 Å². The fourth-order valence-electron chi connectivity index (χ4n) is 4.61. The van der Waals surface area contributed by atoms with Crippen LogP contribution < -0.4 is 15.0 Å². The molecule has 39 heavy (non-hydrogen) atoms. The van der Waals surface area contributed by atoms with Crippen molar-refractivity contribution in [2.75, 3.05) is 29.9 Å². The number of urea groups is 1. The van der Waals surface area contributed by atoms with E-state index in [-0.39, 0.29) is 30.2 Å². The number of hydrogen-bond acceptors (Lipinski definition) is 6. The van der Waals surface area contributed by atoms with Gasteiger partial charge in [-0.15, -0.1) is 22.6 Å². The fourth-order valence-corrected chi connectivity index (χ4v) is 4.61. The molecule has 200 valence electrons. The Hall–Kier alpha value is -4.49. The Kier molecular flexibility index (Phi) is 8.42. The number of amides is 2. The number of nitrogens with one attached hydrogen (secondary N) is 1. The van der Waals surface area contributed by atoms with E-state index in [1.807, 2.05) is 43.3 Å². The second-order valence-electron chi connectivity index (χ2n) is 8.93. The first-order valence-electron chi connectivity index (χ1n) is 12.1. The Morgan fingerprint density at radius 1 is 1.03 bits per heavy atom. The van der Waals surface area contributed by atoms with Crippen molar-refractivity contribution in [1.82, 2.24) is 15.1 Å². The van der Waals surface area contributed by atoms with Gasteiger partial charge in [-0.25, -0.2) is 4.79 Å². The summed E-state index contributed by atoms with van der Waals surface area (Å²) in [6, 6.07) is 22.7. The quantitative estimate of drug-likeness (QED) is 0.331. The number of fused-ring (bicyclic) bond motifs is 1. The van der Waals surface area contributed by atoms with Gasteiger partial charge in [-0.05, 0) is 43.3 Å². The molecule has 0 unspecified atom stereocenters. The lowest BCUT2D eigenvalue weighted by molar-refractivity contribution is -0.0498. The van der Waals surface area contributed by atoms with Gasteiger partial charge in [-0.2, -0.15) is 14.0 Å². The zero-order valence-electron chi connectivity index (χ0n) is 20.9. The average molecular weight is 551 g/mol. The van der Waals surface area contributed by atoms with Crippen LogP contribution in [0.1, 0.15) is 12.5 Å². The van der Waals surface area contributed by atoms with Gasteiger partial charge >= 0.3 is 12.6 Å². The lowest BCUT2D eigenvalue weighted by Crippen LogP contribution is -2.55. The monoisotopic (exact) mass is 550 g/mol. The van der Waals surface area contributed by atoms with E-state index in [4.69, 9.17) is 5.26 Å². The summed E-state index contributed by atoms with van der Waals surface area (Å²) in [6.45, 7) is 0.651. The van der Waals surface area contributed by atoms with Crippen LogP contribution in [0.25, 0.3) is 22.0 Å². The molecule has 0 bridgehead atoms. The molecule has 0 spiro atoms. The number of rotatable bonds is 5. The number of benzene rings is 3. The van der Waals surface area contributed by atoms with Gasteiger partial charge in [0.05, 0.1) is 11.6 Å². The molecule has 1 aliphatic rings. The summed E-state index contributed by atoms with van der Waals surface area (Å²) in [6.07, 6.45) is 0.